The summed E-state index contributed by atoms with van der Waals surface area (Å²) < 4.78 is 23.1. The highest BCUT2D eigenvalue weighted by Crippen LogP contribution is 2.22. The predicted molar refractivity (Wildman–Crippen MR) is 64.3 cm³/mol. The van der Waals surface area contributed by atoms with Crippen LogP contribution in [-0.2, 0) is 9.84 Å². The second kappa shape index (κ2) is 4.80. The Kier molecular flexibility index (Phi) is 3.88. The smallest absolute Gasteiger partial charge is 0.179 e. The molecule has 1 heterocycles. The minimum absolute atomic E-state index is 0.0374. The van der Waals surface area contributed by atoms with E-state index in [0.717, 1.165) is 0 Å². The molecule has 1 unspecified atom stereocenters. The van der Waals surface area contributed by atoms with E-state index in [0.29, 0.717) is 12.4 Å². The van der Waals surface area contributed by atoms with Crippen molar-refractivity contribution >= 4 is 15.7 Å². The molecule has 0 radical (unpaired) electrons. The van der Waals surface area contributed by atoms with Gasteiger partial charge in [-0.05, 0) is 19.1 Å². The minimum Gasteiger partial charge on any atom is -0.355 e. The van der Waals surface area contributed by atoms with Crippen molar-refractivity contribution in [2.45, 2.75) is 17.9 Å². The van der Waals surface area contributed by atoms with E-state index in [1.54, 1.807) is 30.3 Å². The SMILES string of the molecule is CC(CN)N(C)c1ncccc1S(C)(=O)=O. The number of sulfone groups is 1. The van der Waals surface area contributed by atoms with E-state index >= 15 is 0 Å². The summed E-state index contributed by atoms with van der Waals surface area (Å²) in [7, 11) is -1.48. The zero-order valence-corrected chi connectivity index (χ0v) is 10.5. The fourth-order valence-electron chi connectivity index (χ4n) is 1.30. The third-order valence-electron chi connectivity index (χ3n) is 2.49. The zero-order valence-electron chi connectivity index (χ0n) is 9.71. The van der Waals surface area contributed by atoms with E-state index in [1.807, 2.05) is 6.92 Å². The van der Waals surface area contributed by atoms with E-state index in [2.05, 4.69) is 4.98 Å². The Bertz CT molecular complexity index is 459. The van der Waals surface area contributed by atoms with Crippen molar-refractivity contribution in [2.24, 2.45) is 5.73 Å². The van der Waals surface area contributed by atoms with Crippen LogP contribution in [-0.4, -0.2) is 39.3 Å². The van der Waals surface area contributed by atoms with Gasteiger partial charge in [0.25, 0.3) is 0 Å². The first kappa shape index (κ1) is 12.9. The third-order valence-corrected chi connectivity index (χ3v) is 3.60. The summed E-state index contributed by atoms with van der Waals surface area (Å²) in [6.07, 6.45) is 2.75. The molecule has 1 aromatic heterocycles. The summed E-state index contributed by atoms with van der Waals surface area (Å²) in [6.45, 7) is 2.36. The lowest BCUT2D eigenvalue weighted by Crippen LogP contribution is -2.36. The summed E-state index contributed by atoms with van der Waals surface area (Å²) >= 11 is 0. The van der Waals surface area contributed by atoms with Crippen molar-refractivity contribution in [3.63, 3.8) is 0 Å². The maximum Gasteiger partial charge on any atom is 0.179 e. The van der Waals surface area contributed by atoms with E-state index in [1.165, 1.54) is 6.26 Å². The van der Waals surface area contributed by atoms with Crippen LogP contribution in [0.2, 0.25) is 0 Å². The zero-order chi connectivity index (χ0) is 12.3. The van der Waals surface area contributed by atoms with Crippen LogP contribution >= 0.6 is 0 Å². The number of nitrogens with zero attached hydrogens (tertiary/aromatic N) is 2. The molecule has 0 aromatic carbocycles. The highest BCUT2D eigenvalue weighted by molar-refractivity contribution is 7.90. The predicted octanol–water partition coefficient (Wildman–Crippen LogP) is 0.268. The second-order valence-electron chi connectivity index (χ2n) is 3.79. The van der Waals surface area contributed by atoms with Crippen LogP contribution in [0.4, 0.5) is 5.82 Å². The lowest BCUT2D eigenvalue weighted by atomic mass is 10.3. The molecule has 0 aliphatic rings. The average molecular weight is 243 g/mol. The first-order valence-electron chi connectivity index (χ1n) is 4.96. The second-order valence-corrected chi connectivity index (χ2v) is 5.78. The van der Waals surface area contributed by atoms with Gasteiger partial charge in [-0.2, -0.15) is 0 Å². The van der Waals surface area contributed by atoms with E-state index < -0.39 is 9.84 Å². The van der Waals surface area contributed by atoms with Crippen molar-refractivity contribution in [1.29, 1.82) is 0 Å². The molecule has 0 aliphatic carbocycles. The molecule has 0 saturated carbocycles. The number of hydrogen-bond donors (Lipinski definition) is 1. The van der Waals surface area contributed by atoms with Crippen LogP contribution in [0, 0.1) is 0 Å². The Morgan fingerprint density at radius 3 is 2.69 bits per heavy atom. The molecule has 0 fully saturated rings. The number of pyridine rings is 1. The number of nitrogens with two attached hydrogens (primary N) is 1. The summed E-state index contributed by atoms with van der Waals surface area (Å²) in [5.74, 6) is 0.447. The van der Waals surface area contributed by atoms with Crippen LogP contribution in [0.1, 0.15) is 6.92 Å². The van der Waals surface area contributed by atoms with E-state index in [-0.39, 0.29) is 10.9 Å². The molecule has 2 N–H and O–H groups in total. The largest absolute Gasteiger partial charge is 0.355 e. The Labute approximate surface area is 96.2 Å². The molecule has 0 saturated heterocycles. The number of likely N-dealkylation sites (N-methyl/N-ethyl adjacent to an activating group) is 1. The van der Waals surface area contributed by atoms with Crippen molar-refractivity contribution < 1.29 is 8.42 Å². The maximum absolute atomic E-state index is 11.6. The van der Waals surface area contributed by atoms with Crippen LogP contribution in [0.15, 0.2) is 23.2 Å². The lowest BCUT2D eigenvalue weighted by Gasteiger charge is -2.26. The van der Waals surface area contributed by atoms with Gasteiger partial charge in [0.1, 0.15) is 10.7 Å². The Hall–Kier alpha value is -1.14. The van der Waals surface area contributed by atoms with Gasteiger partial charge in [-0.15, -0.1) is 0 Å². The van der Waals surface area contributed by atoms with Gasteiger partial charge < -0.3 is 10.6 Å². The molecule has 1 aromatic rings. The van der Waals surface area contributed by atoms with E-state index in [4.69, 9.17) is 5.73 Å². The third kappa shape index (κ3) is 2.70. The lowest BCUT2D eigenvalue weighted by molar-refractivity contribution is 0.599. The van der Waals surface area contributed by atoms with Gasteiger partial charge in [0.2, 0.25) is 0 Å². The van der Waals surface area contributed by atoms with Crippen LogP contribution in [0.25, 0.3) is 0 Å². The molecule has 1 rings (SSSR count). The first-order valence-corrected chi connectivity index (χ1v) is 6.85. The maximum atomic E-state index is 11.6. The molecule has 6 heteroatoms. The highest BCUT2D eigenvalue weighted by atomic mass is 32.2. The normalized spacial score (nSPS) is 13.5. The fraction of sp³-hybridized carbons (Fsp3) is 0.500. The van der Waals surface area contributed by atoms with Crippen LogP contribution in [0.3, 0.4) is 0 Å². The molecular weight excluding hydrogens is 226 g/mol. The molecular formula is C10H17N3O2S. The van der Waals surface area contributed by atoms with Crippen molar-refractivity contribution in [2.75, 3.05) is 24.7 Å². The van der Waals surface area contributed by atoms with Crippen molar-refractivity contribution in [3.8, 4) is 0 Å². The molecule has 0 aliphatic heterocycles. The summed E-state index contributed by atoms with van der Waals surface area (Å²) in [5, 5.41) is 0. The van der Waals surface area contributed by atoms with Gasteiger partial charge in [-0.25, -0.2) is 13.4 Å². The van der Waals surface area contributed by atoms with E-state index in [9.17, 15) is 8.42 Å². The number of rotatable bonds is 4. The monoisotopic (exact) mass is 243 g/mol. The highest BCUT2D eigenvalue weighted by Gasteiger charge is 2.19. The molecule has 5 nitrogen and oxygen atoms in total. The molecule has 0 spiro atoms. The standard InChI is InChI=1S/C10H17N3O2S/c1-8(7-11)13(2)10-9(16(3,14)15)5-4-6-12-10/h4-6,8H,7,11H2,1-3H3. The Morgan fingerprint density at radius 1 is 1.56 bits per heavy atom. The number of aromatic nitrogens is 1. The average Bonchev–Trinajstić information content (AvgIpc) is 2.26. The molecule has 1 atom stereocenters. The summed E-state index contributed by atoms with van der Waals surface area (Å²) in [5.41, 5.74) is 5.55. The van der Waals surface area contributed by atoms with Crippen molar-refractivity contribution in [3.05, 3.63) is 18.3 Å². The Balaban J connectivity index is 3.24. The van der Waals surface area contributed by atoms with Gasteiger partial charge >= 0.3 is 0 Å². The van der Waals surface area contributed by atoms with Crippen LogP contribution in [0.5, 0.6) is 0 Å². The Morgan fingerprint density at radius 2 is 2.19 bits per heavy atom. The number of anilines is 1. The summed E-state index contributed by atoms with van der Waals surface area (Å²) in [6, 6.07) is 3.20. The fourth-order valence-corrected chi connectivity index (χ4v) is 2.16. The molecule has 0 bridgehead atoms. The first-order chi connectivity index (χ1) is 7.38. The van der Waals surface area contributed by atoms with Crippen LogP contribution < -0.4 is 10.6 Å². The quantitative estimate of drug-likeness (QED) is 0.821. The topological polar surface area (TPSA) is 76.3 Å². The summed E-state index contributed by atoms with van der Waals surface area (Å²) in [4.78, 5) is 6.11. The van der Waals surface area contributed by atoms with Gasteiger partial charge in [0, 0.05) is 32.1 Å². The molecule has 90 valence electrons. The molecule has 16 heavy (non-hydrogen) atoms. The van der Waals surface area contributed by atoms with Gasteiger partial charge in [-0.3, -0.25) is 0 Å². The van der Waals surface area contributed by atoms with Gasteiger partial charge in [-0.1, -0.05) is 0 Å². The van der Waals surface area contributed by atoms with Gasteiger partial charge in [0.15, 0.2) is 9.84 Å². The van der Waals surface area contributed by atoms with Gasteiger partial charge in [0.05, 0.1) is 0 Å². The minimum atomic E-state index is -3.27. The molecule has 0 amide bonds. The van der Waals surface area contributed by atoms with Crippen molar-refractivity contribution in [1.82, 2.24) is 4.98 Å². The number of hydrogen-bond acceptors (Lipinski definition) is 5.